The van der Waals surface area contributed by atoms with Gasteiger partial charge in [-0.1, -0.05) is 30.7 Å². The zero-order valence-corrected chi connectivity index (χ0v) is 14.0. The highest BCUT2D eigenvalue weighted by atomic mass is 35.5. The van der Waals surface area contributed by atoms with E-state index in [9.17, 15) is 4.79 Å². The average molecular weight is 325 g/mol. The fourth-order valence-corrected chi connectivity index (χ4v) is 4.10. The zero-order chi connectivity index (χ0) is 15.0. The van der Waals surface area contributed by atoms with E-state index in [1.165, 1.54) is 0 Å². The average Bonchev–Trinajstić information content (AvgIpc) is 3.20. The molecular weight excluding hydrogens is 304 g/mol. The molecule has 0 aromatic heterocycles. The van der Waals surface area contributed by atoms with Gasteiger partial charge >= 0.3 is 0 Å². The molecule has 2 aliphatic rings. The highest BCUT2D eigenvalue weighted by Gasteiger charge is 2.60. The van der Waals surface area contributed by atoms with Crippen LogP contribution in [0.25, 0.3) is 0 Å². The molecule has 1 aliphatic heterocycles. The largest absolute Gasteiger partial charge is 0.317 e. The van der Waals surface area contributed by atoms with Crippen molar-refractivity contribution >= 4 is 29.3 Å². The Balaban J connectivity index is 1.94. The third kappa shape index (κ3) is 2.69. The van der Waals surface area contributed by atoms with Crippen molar-refractivity contribution in [1.29, 1.82) is 0 Å². The maximum Gasteiger partial charge on any atom is 0.244 e. The van der Waals surface area contributed by atoms with E-state index in [0.29, 0.717) is 0 Å². The zero-order valence-electron chi connectivity index (χ0n) is 12.4. The molecule has 114 valence electrons. The van der Waals surface area contributed by atoms with Crippen LogP contribution >= 0.6 is 23.4 Å². The van der Waals surface area contributed by atoms with Crippen molar-refractivity contribution in [2.45, 2.75) is 43.9 Å². The standard InChI is InChI=1S/C16H21ClN2OS/c1-3-13(10-21-2)19-14(11-5-4-6-12(17)9-11)18-16(7-8-16)15(19)20/h4-6,9,13-14,18H,3,7-8,10H2,1-2H3. The van der Waals surface area contributed by atoms with Crippen molar-refractivity contribution in [3.63, 3.8) is 0 Å². The lowest BCUT2D eigenvalue weighted by Gasteiger charge is -2.32. The molecule has 1 N–H and O–H groups in total. The summed E-state index contributed by atoms with van der Waals surface area (Å²) in [6.07, 6.45) is 4.93. The van der Waals surface area contributed by atoms with Gasteiger partial charge in [0.25, 0.3) is 0 Å². The van der Waals surface area contributed by atoms with Crippen molar-refractivity contribution in [3.05, 3.63) is 34.9 Å². The van der Waals surface area contributed by atoms with Crippen LogP contribution < -0.4 is 5.32 Å². The van der Waals surface area contributed by atoms with E-state index in [1.54, 1.807) is 11.8 Å². The first-order valence-electron chi connectivity index (χ1n) is 7.46. The number of carbonyl (C=O) groups excluding carboxylic acids is 1. The Morgan fingerprint density at radius 1 is 1.52 bits per heavy atom. The van der Waals surface area contributed by atoms with Gasteiger partial charge in [0.1, 0.15) is 11.7 Å². The van der Waals surface area contributed by atoms with Crippen molar-refractivity contribution in [1.82, 2.24) is 10.2 Å². The van der Waals surface area contributed by atoms with Crippen LogP contribution in [0.2, 0.25) is 5.02 Å². The Bertz CT molecular complexity index is 547. The Kier molecular flexibility index (Phi) is 4.21. The number of nitrogens with one attached hydrogen (secondary N) is 1. The molecule has 1 saturated carbocycles. The second-order valence-corrected chi connectivity index (χ2v) is 7.26. The molecule has 5 heteroatoms. The van der Waals surface area contributed by atoms with Gasteiger partial charge < -0.3 is 4.90 Å². The van der Waals surface area contributed by atoms with Crippen LogP contribution in [0.3, 0.4) is 0 Å². The summed E-state index contributed by atoms with van der Waals surface area (Å²) in [6.45, 7) is 2.15. The molecule has 1 aromatic carbocycles. The second kappa shape index (κ2) is 5.82. The number of rotatable bonds is 5. The molecule has 0 bridgehead atoms. The number of amides is 1. The molecule has 3 rings (SSSR count). The summed E-state index contributed by atoms with van der Waals surface area (Å²) in [6, 6.07) is 8.11. The van der Waals surface area contributed by atoms with Crippen LogP contribution in [0, 0.1) is 0 Å². The third-order valence-electron chi connectivity index (χ3n) is 4.47. The maximum absolute atomic E-state index is 12.9. The lowest BCUT2D eigenvalue weighted by atomic mass is 10.1. The molecule has 1 aliphatic carbocycles. The van der Waals surface area contributed by atoms with Crippen LogP contribution in [-0.2, 0) is 4.79 Å². The Morgan fingerprint density at radius 3 is 2.86 bits per heavy atom. The molecule has 1 saturated heterocycles. The summed E-state index contributed by atoms with van der Waals surface area (Å²) in [5.41, 5.74) is 0.790. The van der Waals surface area contributed by atoms with Gasteiger partial charge in [0.05, 0.1) is 0 Å². The van der Waals surface area contributed by atoms with E-state index in [4.69, 9.17) is 11.6 Å². The first-order valence-corrected chi connectivity index (χ1v) is 9.23. The van der Waals surface area contributed by atoms with Gasteiger partial charge in [-0.25, -0.2) is 0 Å². The number of nitrogens with zero attached hydrogens (tertiary/aromatic N) is 1. The molecule has 1 aromatic rings. The SMILES string of the molecule is CCC(CSC)N1C(=O)C2(CC2)NC1c1cccc(Cl)c1. The Morgan fingerprint density at radius 2 is 2.29 bits per heavy atom. The van der Waals surface area contributed by atoms with Gasteiger partial charge in [0.2, 0.25) is 5.91 Å². The molecule has 0 radical (unpaired) electrons. The molecule has 1 amide bonds. The maximum atomic E-state index is 12.9. The predicted molar refractivity (Wildman–Crippen MR) is 88.6 cm³/mol. The summed E-state index contributed by atoms with van der Waals surface area (Å²) >= 11 is 7.93. The summed E-state index contributed by atoms with van der Waals surface area (Å²) in [4.78, 5) is 14.9. The number of hydrogen-bond acceptors (Lipinski definition) is 3. The second-order valence-electron chi connectivity index (χ2n) is 5.91. The van der Waals surface area contributed by atoms with E-state index in [0.717, 1.165) is 35.6 Å². The first-order chi connectivity index (χ1) is 10.1. The molecule has 2 atom stereocenters. The topological polar surface area (TPSA) is 32.3 Å². The van der Waals surface area contributed by atoms with E-state index >= 15 is 0 Å². The molecule has 2 unspecified atom stereocenters. The van der Waals surface area contributed by atoms with Gasteiger partial charge in [-0.05, 0) is 43.2 Å². The van der Waals surface area contributed by atoms with Crippen LogP contribution in [0.15, 0.2) is 24.3 Å². The minimum atomic E-state index is -0.293. The fourth-order valence-electron chi connectivity index (χ4n) is 3.13. The number of halogens is 1. The smallest absolute Gasteiger partial charge is 0.244 e. The van der Waals surface area contributed by atoms with Crippen molar-refractivity contribution in [2.24, 2.45) is 0 Å². The normalized spacial score (nSPS) is 24.6. The summed E-state index contributed by atoms with van der Waals surface area (Å²) in [5, 5.41) is 4.29. The van der Waals surface area contributed by atoms with Crippen molar-refractivity contribution in [3.8, 4) is 0 Å². The van der Waals surface area contributed by atoms with Gasteiger partial charge in [-0.3, -0.25) is 10.1 Å². The van der Waals surface area contributed by atoms with Crippen LogP contribution in [-0.4, -0.2) is 34.4 Å². The van der Waals surface area contributed by atoms with E-state index in [2.05, 4.69) is 29.5 Å². The predicted octanol–water partition coefficient (Wildman–Crippen LogP) is 3.44. The summed E-state index contributed by atoms with van der Waals surface area (Å²) in [5.74, 6) is 1.24. The number of carbonyl (C=O) groups is 1. The molecular formula is C16H21ClN2OS. The molecule has 3 nitrogen and oxygen atoms in total. The van der Waals surface area contributed by atoms with Crippen LogP contribution in [0.4, 0.5) is 0 Å². The third-order valence-corrected chi connectivity index (χ3v) is 5.43. The lowest BCUT2D eigenvalue weighted by Crippen LogP contribution is -2.41. The van der Waals surface area contributed by atoms with E-state index in [1.807, 2.05) is 18.2 Å². The minimum absolute atomic E-state index is 0.0456. The highest BCUT2D eigenvalue weighted by Crippen LogP contribution is 2.47. The van der Waals surface area contributed by atoms with Crippen LogP contribution in [0.1, 0.15) is 37.9 Å². The fraction of sp³-hybridized carbons (Fsp3) is 0.562. The molecule has 1 spiro atoms. The number of benzene rings is 1. The highest BCUT2D eigenvalue weighted by molar-refractivity contribution is 7.98. The molecule has 1 heterocycles. The Hall–Kier alpha value is -0.710. The van der Waals surface area contributed by atoms with Gasteiger partial charge in [-0.2, -0.15) is 11.8 Å². The van der Waals surface area contributed by atoms with Crippen molar-refractivity contribution in [2.75, 3.05) is 12.0 Å². The van der Waals surface area contributed by atoms with Crippen molar-refractivity contribution < 1.29 is 4.79 Å². The molecule has 21 heavy (non-hydrogen) atoms. The summed E-state index contributed by atoms with van der Waals surface area (Å²) < 4.78 is 0. The number of hydrogen-bond donors (Lipinski definition) is 1. The Labute approximate surface area is 135 Å². The quantitative estimate of drug-likeness (QED) is 0.900. The minimum Gasteiger partial charge on any atom is -0.317 e. The monoisotopic (exact) mass is 324 g/mol. The lowest BCUT2D eigenvalue weighted by molar-refractivity contribution is -0.132. The van der Waals surface area contributed by atoms with Gasteiger partial charge in [-0.15, -0.1) is 0 Å². The van der Waals surface area contributed by atoms with E-state index in [-0.39, 0.29) is 23.7 Å². The first kappa shape index (κ1) is 15.2. The van der Waals surface area contributed by atoms with Crippen LogP contribution in [0.5, 0.6) is 0 Å². The summed E-state index contributed by atoms with van der Waals surface area (Å²) in [7, 11) is 0. The van der Waals surface area contributed by atoms with Gasteiger partial charge in [0, 0.05) is 16.8 Å². The van der Waals surface area contributed by atoms with E-state index < -0.39 is 0 Å². The number of thioether (sulfide) groups is 1. The van der Waals surface area contributed by atoms with Gasteiger partial charge in [0.15, 0.2) is 0 Å². The molecule has 2 fully saturated rings.